The van der Waals surface area contributed by atoms with E-state index in [0.29, 0.717) is 0 Å². The Morgan fingerprint density at radius 2 is 1.23 bits per heavy atom. The van der Waals surface area contributed by atoms with Crippen LogP contribution in [0.25, 0.3) is 0 Å². The summed E-state index contributed by atoms with van der Waals surface area (Å²) in [4.78, 5) is 10.1. The number of aliphatic carboxylic acids is 1. The monoisotopic (exact) mass is 290 g/mol. The van der Waals surface area contributed by atoms with E-state index in [0.717, 1.165) is 0 Å². The Balaban J connectivity index is 0. The molecule has 0 aromatic heterocycles. The third-order valence-corrected chi connectivity index (χ3v) is 2.59. The second-order valence-corrected chi connectivity index (χ2v) is 3.57. The normalized spacial score (nSPS) is 11.2. The van der Waals surface area contributed by atoms with Crippen molar-refractivity contribution in [3.05, 3.63) is 19.6 Å². The van der Waals surface area contributed by atoms with E-state index in [1.165, 1.54) is 0 Å². The van der Waals surface area contributed by atoms with Gasteiger partial charge in [-0.05, 0) is 0 Å². The van der Waals surface area contributed by atoms with Crippen LogP contribution in [0.15, 0.2) is 19.6 Å². The Kier molecular flexibility index (Phi) is 9.91. The predicted molar refractivity (Wildman–Crippen MR) is 48.3 cm³/mol. The molecule has 0 aliphatic carbocycles. The van der Waals surface area contributed by atoms with Crippen molar-refractivity contribution >= 4 is 64.0 Å². The zero-order chi connectivity index (χ0) is 9.89. The summed E-state index contributed by atoms with van der Waals surface area (Å²) in [7, 11) is 0. The number of carboxylic acid groups (broad SMARTS) is 1. The maximum absolute atomic E-state index is 10.1. The summed E-state index contributed by atoms with van der Waals surface area (Å²) in [5.41, 5.74) is 0. The number of hydrogen-bond donors (Lipinski definition) is 0. The van der Waals surface area contributed by atoms with E-state index in [2.05, 4.69) is 0 Å². The van der Waals surface area contributed by atoms with E-state index in [4.69, 9.17) is 58.0 Å². The minimum Gasteiger partial charge on any atom is -0.544 e. The minimum absolute atomic E-state index is 0. The number of allylic oxidation sites excluding steroid dienone is 2. The SMILES string of the molecule is O=C([O-])/C(Cl)=C(\Cl)C(Cl)=C(Cl)Cl.[Na+]. The average molecular weight is 292 g/mol. The van der Waals surface area contributed by atoms with Crippen LogP contribution in [0.4, 0.5) is 0 Å². The van der Waals surface area contributed by atoms with Crippen LogP contribution in [-0.4, -0.2) is 5.97 Å². The van der Waals surface area contributed by atoms with Crippen LogP contribution >= 0.6 is 58.0 Å². The summed E-state index contributed by atoms with van der Waals surface area (Å²) in [5, 5.41) is 8.57. The summed E-state index contributed by atoms with van der Waals surface area (Å²) in [6, 6.07) is 0. The van der Waals surface area contributed by atoms with Crippen LogP contribution in [0, 0.1) is 0 Å². The van der Waals surface area contributed by atoms with Crippen LogP contribution in [-0.2, 0) is 4.79 Å². The number of carboxylic acids is 1. The molecule has 0 amide bonds. The molecule has 0 saturated heterocycles. The van der Waals surface area contributed by atoms with E-state index < -0.39 is 16.0 Å². The van der Waals surface area contributed by atoms with Crippen LogP contribution in [0.2, 0.25) is 0 Å². The van der Waals surface area contributed by atoms with E-state index in [1.807, 2.05) is 0 Å². The van der Waals surface area contributed by atoms with Gasteiger partial charge in [-0.3, -0.25) is 0 Å². The molecule has 8 heteroatoms. The first-order valence-corrected chi connectivity index (χ1v) is 4.24. The first kappa shape index (κ1) is 16.8. The first-order valence-electron chi connectivity index (χ1n) is 2.35. The molecule has 0 N–H and O–H groups in total. The van der Waals surface area contributed by atoms with Crippen molar-refractivity contribution in [3.8, 4) is 0 Å². The molecule has 13 heavy (non-hydrogen) atoms. The fourth-order valence-electron chi connectivity index (χ4n) is 0.269. The molecular weight excluding hydrogens is 292 g/mol. The molecule has 0 rings (SSSR count). The topological polar surface area (TPSA) is 40.1 Å². The van der Waals surface area contributed by atoms with Gasteiger partial charge in [-0.15, -0.1) is 0 Å². The average Bonchev–Trinajstić information content (AvgIpc) is 2.00. The molecule has 0 heterocycles. The molecule has 0 saturated carbocycles. The number of carbonyl (C=O) groups excluding carboxylic acids is 1. The Bertz CT molecular complexity index is 268. The van der Waals surface area contributed by atoms with Gasteiger partial charge < -0.3 is 9.90 Å². The van der Waals surface area contributed by atoms with Crippen molar-refractivity contribution in [2.24, 2.45) is 0 Å². The second-order valence-electron chi connectivity index (χ2n) is 1.49. The molecule has 68 valence electrons. The summed E-state index contributed by atoms with van der Waals surface area (Å²) < 4.78 is -0.374. The van der Waals surface area contributed by atoms with Crippen molar-refractivity contribution < 1.29 is 39.5 Å². The van der Waals surface area contributed by atoms with Crippen molar-refractivity contribution in [2.75, 3.05) is 0 Å². The molecule has 0 aliphatic rings. The second kappa shape index (κ2) is 7.66. The van der Waals surface area contributed by atoms with E-state index in [1.54, 1.807) is 0 Å². The molecule has 0 aliphatic heterocycles. The van der Waals surface area contributed by atoms with Crippen molar-refractivity contribution in [2.45, 2.75) is 0 Å². The number of rotatable bonds is 2. The number of carbonyl (C=O) groups is 1. The molecule has 0 fully saturated rings. The number of hydrogen-bond acceptors (Lipinski definition) is 2. The molecule has 0 atom stereocenters. The molecule has 0 bridgehead atoms. The molecule has 2 nitrogen and oxygen atoms in total. The van der Waals surface area contributed by atoms with Crippen molar-refractivity contribution in [3.63, 3.8) is 0 Å². The maximum atomic E-state index is 10.1. The standard InChI is InChI=1S/C5HCl5O2.Na/c6-1(2(7)4(9)10)3(8)5(11)12;/h(H,11,12);/q;+1/p-1/b3-1+;. The summed E-state index contributed by atoms with van der Waals surface area (Å²) >= 11 is 26.2. The van der Waals surface area contributed by atoms with E-state index in [9.17, 15) is 9.90 Å². The van der Waals surface area contributed by atoms with Crippen LogP contribution in [0.5, 0.6) is 0 Å². The van der Waals surface area contributed by atoms with Crippen molar-refractivity contribution in [1.29, 1.82) is 0 Å². The Morgan fingerprint density at radius 3 is 1.46 bits per heavy atom. The number of halogens is 5. The first-order chi connectivity index (χ1) is 5.37. The quantitative estimate of drug-likeness (QED) is 0.384. The predicted octanol–water partition coefficient (Wildman–Crippen LogP) is -0.685. The van der Waals surface area contributed by atoms with Gasteiger partial charge in [-0.2, -0.15) is 0 Å². The van der Waals surface area contributed by atoms with Crippen LogP contribution in [0.3, 0.4) is 0 Å². The van der Waals surface area contributed by atoms with Gasteiger partial charge in [0.05, 0.1) is 21.1 Å². The molecular formula is C5Cl5NaO2. The smallest absolute Gasteiger partial charge is 0.544 e. The zero-order valence-corrected chi connectivity index (χ0v) is 12.0. The Labute approximate surface area is 122 Å². The van der Waals surface area contributed by atoms with Gasteiger partial charge in [0.2, 0.25) is 0 Å². The molecule has 0 unspecified atom stereocenters. The third kappa shape index (κ3) is 5.75. The van der Waals surface area contributed by atoms with Gasteiger partial charge in [0.1, 0.15) is 4.49 Å². The summed E-state index contributed by atoms with van der Waals surface area (Å²) in [6.07, 6.45) is 0. The molecule has 0 aromatic rings. The Morgan fingerprint density at radius 1 is 0.846 bits per heavy atom. The van der Waals surface area contributed by atoms with Gasteiger partial charge >= 0.3 is 29.6 Å². The van der Waals surface area contributed by atoms with Gasteiger partial charge in [0.15, 0.2) is 0 Å². The maximum Gasteiger partial charge on any atom is 1.00 e. The Hall–Kier alpha value is 1.40. The third-order valence-electron chi connectivity index (χ3n) is 0.731. The van der Waals surface area contributed by atoms with Gasteiger partial charge in [-0.25, -0.2) is 0 Å². The van der Waals surface area contributed by atoms with Gasteiger partial charge in [0.25, 0.3) is 0 Å². The van der Waals surface area contributed by atoms with Crippen LogP contribution in [0.1, 0.15) is 0 Å². The molecule has 0 spiro atoms. The fourth-order valence-corrected chi connectivity index (χ4v) is 0.964. The van der Waals surface area contributed by atoms with E-state index in [-0.39, 0.29) is 39.1 Å². The molecule has 0 radical (unpaired) electrons. The van der Waals surface area contributed by atoms with E-state index >= 15 is 0 Å². The van der Waals surface area contributed by atoms with Crippen LogP contribution < -0.4 is 34.7 Å². The minimum atomic E-state index is -1.66. The fraction of sp³-hybridized carbons (Fsp3) is 0. The summed E-state index contributed by atoms with van der Waals surface area (Å²) in [5.74, 6) is -1.66. The van der Waals surface area contributed by atoms with Gasteiger partial charge in [-0.1, -0.05) is 58.0 Å². The molecule has 0 aromatic carbocycles. The van der Waals surface area contributed by atoms with Crippen molar-refractivity contribution in [1.82, 2.24) is 0 Å². The van der Waals surface area contributed by atoms with Gasteiger partial charge in [0, 0.05) is 0 Å². The zero-order valence-electron chi connectivity index (χ0n) is 6.21. The largest absolute Gasteiger partial charge is 1.00 e. The summed E-state index contributed by atoms with van der Waals surface area (Å²) in [6.45, 7) is 0.